The van der Waals surface area contributed by atoms with Crippen molar-refractivity contribution in [2.45, 2.75) is 46.2 Å². The lowest BCUT2D eigenvalue weighted by molar-refractivity contribution is -0.140. The van der Waals surface area contributed by atoms with E-state index < -0.39 is 21.9 Å². The van der Waals surface area contributed by atoms with E-state index in [0.29, 0.717) is 12.2 Å². The fraction of sp³-hybridized carbons (Fsp3) is 0.440. The summed E-state index contributed by atoms with van der Waals surface area (Å²) in [6.07, 6.45) is 1.35. The number of nitrogens with one attached hydrogen (secondary N) is 1. The van der Waals surface area contributed by atoms with Crippen LogP contribution in [0.1, 0.15) is 39.2 Å². The number of amides is 2. The fourth-order valence-corrected chi connectivity index (χ4v) is 4.66. The second-order valence-electron chi connectivity index (χ2n) is 8.88. The number of hydrogen-bond acceptors (Lipinski definition) is 4. The van der Waals surface area contributed by atoms with Crippen LogP contribution in [0.4, 0.5) is 10.1 Å². The third-order valence-electron chi connectivity index (χ3n) is 5.38. The van der Waals surface area contributed by atoms with Gasteiger partial charge in [-0.15, -0.1) is 0 Å². The second-order valence-corrected chi connectivity index (χ2v) is 11.7. The lowest BCUT2D eigenvalue weighted by atomic mass is 10.1. The molecule has 0 fully saturated rings. The Morgan fingerprint density at radius 1 is 1.03 bits per heavy atom. The van der Waals surface area contributed by atoms with Crippen LogP contribution in [0.25, 0.3) is 0 Å². The van der Waals surface area contributed by atoms with Gasteiger partial charge in [-0.05, 0) is 61.2 Å². The van der Waals surface area contributed by atoms with Crippen LogP contribution in [0.2, 0.25) is 0 Å². The highest BCUT2D eigenvalue weighted by Gasteiger charge is 2.26. The van der Waals surface area contributed by atoms with Crippen LogP contribution >= 0.6 is 15.9 Å². The van der Waals surface area contributed by atoms with Crippen LogP contribution in [-0.2, 0) is 26.2 Å². The van der Waals surface area contributed by atoms with Gasteiger partial charge in [0, 0.05) is 30.5 Å². The van der Waals surface area contributed by atoms with Gasteiger partial charge in [-0.2, -0.15) is 0 Å². The van der Waals surface area contributed by atoms with Crippen molar-refractivity contribution >= 4 is 43.5 Å². The van der Waals surface area contributed by atoms with Gasteiger partial charge in [-0.25, -0.2) is 12.8 Å². The lowest BCUT2D eigenvalue weighted by Crippen LogP contribution is -2.48. The Morgan fingerprint density at radius 2 is 1.63 bits per heavy atom. The predicted molar refractivity (Wildman–Crippen MR) is 140 cm³/mol. The van der Waals surface area contributed by atoms with E-state index in [-0.39, 0.29) is 43.7 Å². The molecule has 0 aromatic heterocycles. The lowest BCUT2D eigenvalue weighted by Gasteiger charge is -2.29. The number of hydrogen-bond donors (Lipinski definition) is 1. The SMILES string of the molecule is CC(C)CNC(=O)[C@H](C)N(Cc1ccc(Br)cc1)C(=O)CCCN(c1ccc(F)cc1)S(C)(=O)=O. The minimum atomic E-state index is -3.63. The maximum atomic E-state index is 13.3. The highest BCUT2D eigenvalue weighted by molar-refractivity contribution is 9.10. The molecule has 0 radical (unpaired) electrons. The minimum absolute atomic E-state index is 0.0472. The summed E-state index contributed by atoms with van der Waals surface area (Å²) in [4.78, 5) is 27.5. The molecule has 7 nitrogen and oxygen atoms in total. The summed E-state index contributed by atoms with van der Waals surface area (Å²) in [7, 11) is -3.63. The molecule has 0 aliphatic rings. The maximum Gasteiger partial charge on any atom is 0.242 e. The Hall–Kier alpha value is -2.46. The van der Waals surface area contributed by atoms with Gasteiger partial charge >= 0.3 is 0 Å². The maximum absolute atomic E-state index is 13.3. The zero-order valence-electron chi connectivity index (χ0n) is 20.5. The summed E-state index contributed by atoms with van der Waals surface area (Å²) in [5.41, 5.74) is 1.20. The summed E-state index contributed by atoms with van der Waals surface area (Å²) in [5.74, 6) is -0.693. The fourth-order valence-electron chi connectivity index (χ4n) is 3.43. The molecule has 10 heteroatoms. The molecular formula is C25H33BrFN3O4S. The Balaban J connectivity index is 2.14. The third-order valence-corrected chi connectivity index (χ3v) is 7.11. The molecule has 192 valence electrons. The van der Waals surface area contributed by atoms with Crippen LogP contribution in [0.5, 0.6) is 0 Å². The topological polar surface area (TPSA) is 86.8 Å². The molecule has 0 spiro atoms. The molecule has 0 heterocycles. The molecule has 0 unspecified atom stereocenters. The van der Waals surface area contributed by atoms with E-state index in [9.17, 15) is 22.4 Å². The number of nitrogens with zero attached hydrogens (tertiary/aromatic N) is 2. The van der Waals surface area contributed by atoms with Crippen molar-refractivity contribution in [3.63, 3.8) is 0 Å². The first-order chi connectivity index (χ1) is 16.4. The molecule has 2 amide bonds. The molecule has 2 aromatic rings. The van der Waals surface area contributed by atoms with Gasteiger partial charge in [0.15, 0.2) is 0 Å². The number of benzene rings is 2. The number of sulfonamides is 1. The van der Waals surface area contributed by atoms with Gasteiger partial charge in [0.1, 0.15) is 11.9 Å². The smallest absolute Gasteiger partial charge is 0.242 e. The predicted octanol–water partition coefficient (Wildman–Crippen LogP) is 4.32. The van der Waals surface area contributed by atoms with Crippen molar-refractivity contribution in [3.8, 4) is 0 Å². The molecule has 1 atom stereocenters. The summed E-state index contributed by atoms with van der Waals surface area (Å²) in [6, 6.07) is 12.0. The van der Waals surface area contributed by atoms with Gasteiger partial charge in [0.2, 0.25) is 21.8 Å². The van der Waals surface area contributed by atoms with Crippen LogP contribution in [0.15, 0.2) is 53.0 Å². The van der Waals surface area contributed by atoms with Gasteiger partial charge in [-0.1, -0.05) is 41.9 Å². The van der Waals surface area contributed by atoms with Crippen molar-refractivity contribution in [1.82, 2.24) is 10.2 Å². The van der Waals surface area contributed by atoms with E-state index in [2.05, 4.69) is 21.2 Å². The largest absolute Gasteiger partial charge is 0.354 e. The summed E-state index contributed by atoms with van der Waals surface area (Å²) in [5, 5.41) is 2.87. The average Bonchev–Trinajstić information content (AvgIpc) is 2.79. The van der Waals surface area contributed by atoms with Crippen molar-refractivity contribution in [1.29, 1.82) is 0 Å². The van der Waals surface area contributed by atoms with E-state index in [1.54, 1.807) is 6.92 Å². The zero-order chi connectivity index (χ0) is 26.2. The normalized spacial score (nSPS) is 12.3. The monoisotopic (exact) mass is 569 g/mol. The molecule has 35 heavy (non-hydrogen) atoms. The summed E-state index contributed by atoms with van der Waals surface area (Å²) >= 11 is 3.39. The highest BCUT2D eigenvalue weighted by Crippen LogP contribution is 2.20. The quantitative estimate of drug-likeness (QED) is 0.412. The molecule has 0 saturated carbocycles. The second kappa shape index (κ2) is 13.0. The molecule has 0 aliphatic heterocycles. The molecule has 0 saturated heterocycles. The van der Waals surface area contributed by atoms with E-state index in [0.717, 1.165) is 20.6 Å². The first-order valence-corrected chi connectivity index (χ1v) is 14.1. The number of anilines is 1. The van der Waals surface area contributed by atoms with Crippen LogP contribution in [0.3, 0.4) is 0 Å². The van der Waals surface area contributed by atoms with Gasteiger partial charge in [-0.3, -0.25) is 13.9 Å². The Kier molecular flexibility index (Phi) is 10.7. The number of carbonyl (C=O) groups excluding carboxylic acids is 2. The van der Waals surface area contributed by atoms with Crippen molar-refractivity contribution < 1.29 is 22.4 Å². The van der Waals surface area contributed by atoms with Crippen molar-refractivity contribution in [3.05, 3.63) is 64.4 Å². The van der Waals surface area contributed by atoms with Crippen LogP contribution in [0, 0.1) is 11.7 Å². The molecule has 0 aliphatic carbocycles. The first kappa shape index (κ1) is 28.8. The molecule has 0 bridgehead atoms. The van der Waals surface area contributed by atoms with E-state index in [4.69, 9.17) is 0 Å². The van der Waals surface area contributed by atoms with E-state index in [1.807, 2.05) is 38.1 Å². The van der Waals surface area contributed by atoms with E-state index in [1.165, 1.54) is 29.2 Å². The summed E-state index contributed by atoms with van der Waals surface area (Å²) in [6.45, 7) is 6.47. The average molecular weight is 571 g/mol. The Bertz CT molecular complexity index is 1090. The number of halogens is 2. The van der Waals surface area contributed by atoms with Crippen LogP contribution < -0.4 is 9.62 Å². The third kappa shape index (κ3) is 9.25. The molecule has 2 rings (SSSR count). The summed E-state index contributed by atoms with van der Waals surface area (Å²) < 4.78 is 39.9. The van der Waals surface area contributed by atoms with Gasteiger partial charge in [0.25, 0.3) is 0 Å². The van der Waals surface area contributed by atoms with Gasteiger partial charge < -0.3 is 10.2 Å². The zero-order valence-corrected chi connectivity index (χ0v) is 22.9. The van der Waals surface area contributed by atoms with Gasteiger partial charge in [0.05, 0.1) is 11.9 Å². The Morgan fingerprint density at radius 3 is 2.17 bits per heavy atom. The molecular weight excluding hydrogens is 537 g/mol. The number of carbonyl (C=O) groups is 2. The van der Waals surface area contributed by atoms with Crippen molar-refractivity contribution in [2.24, 2.45) is 5.92 Å². The van der Waals surface area contributed by atoms with E-state index >= 15 is 0 Å². The number of rotatable bonds is 12. The standard InChI is InChI=1S/C25H33BrFN3O4S/c1-18(2)16-28-25(32)19(3)29(17-20-7-9-21(26)10-8-20)24(31)6-5-15-30(35(4,33)34)23-13-11-22(27)12-14-23/h7-14,18-19H,5-6,15-17H2,1-4H3,(H,28,32)/t19-/m0/s1. The molecule has 2 aromatic carbocycles. The highest BCUT2D eigenvalue weighted by atomic mass is 79.9. The van der Waals surface area contributed by atoms with Crippen molar-refractivity contribution in [2.75, 3.05) is 23.7 Å². The Labute approximate surface area is 215 Å². The minimum Gasteiger partial charge on any atom is -0.354 e. The first-order valence-electron chi connectivity index (χ1n) is 11.4. The molecule has 1 N–H and O–H groups in total. The van der Waals surface area contributed by atoms with Crippen LogP contribution in [-0.4, -0.2) is 50.5 Å².